The number of carboxylic acids is 1. The molecule has 0 saturated carbocycles. The number of nitrogens with one attached hydrogen (secondary N) is 2. The number of benzene rings is 1. The zero-order chi connectivity index (χ0) is 14.4. The van der Waals surface area contributed by atoms with Gasteiger partial charge in [0.2, 0.25) is 5.91 Å². The Morgan fingerprint density at radius 2 is 1.95 bits per heavy atom. The normalized spacial score (nSPS) is 15.8. The lowest BCUT2D eigenvalue weighted by Crippen LogP contribution is -2.34. The first-order valence-corrected chi connectivity index (χ1v) is 6.98. The summed E-state index contributed by atoms with van der Waals surface area (Å²) in [7, 11) is 0. The molecule has 1 fully saturated rings. The first-order valence-electron chi connectivity index (χ1n) is 6.98. The summed E-state index contributed by atoms with van der Waals surface area (Å²) in [4.78, 5) is 22.9. The molecule has 1 aromatic rings. The van der Waals surface area contributed by atoms with Gasteiger partial charge in [0, 0.05) is 18.0 Å². The van der Waals surface area contributed by atoms with Crippen LogP contribution in [-0.4, -0.2) is 30.1 Å². The second-order valence-corrected chi connectivity index (χ2v) is 5.06. The number of carbonyl (C=O) groups is 2. The summed E-state index contributed by atoms with van der Waals surface area (Å²) in [6, 6.07) is 7.40. The fraction of sp³-hybridized carbons (Fsp3) is 0.467. The van der Waals surface area contributed by atoms with E-state index < -0.39 is 5.97 Å². The maximum atomic E-state index is 12.2. The van der Waals surface area contributed by atoms with Crippen LogP contribution in [0.25, 0.3) is 0 Å². The van der Waals surface area contributed by atoms with E-state index in [0.29, 0.717) is 6.42 Å². The standard InChI is InChI=1S/C15H20N2O3/c18-14(19)6-5-11-3-1-2-4-13(11)17-15(20)12-7-9-16-10-8-12/h1-4,12,16H,5-10H2,(H,17,20)(H,18,19). The first-order chi connectivity index (χ1) is 9.66. The predicted octanol–water partition coefficient (Wildman–Crippen LogP) is 1.64. The number of aryl methyl sites for hydroxylation is 1. The van der Waals surface area contributed by atoms with E-state index in [2.05, 4.69) is 10.6 Å². The van der Waals surface area contributed by atoms with E-state index in [9.17, 15) is 9.59 Å². The van der Waals surface area contributed by atoms with Crippen LogP contribution in [0, 0.1) is 5.92 Å². The third-order valence-corrected chi connectivity index (χ3v) is 3.59. The molecule has 1 amide bonds. The van der Waals surface area contributed by atoms with Crippen LogP contribution in [0.5, 0.6) is 0 Å². The van der Waals surface area contributed by atoms with Gasteiger partial charge in [-0.1, -0.05) is 18.2 Å². The van der Waals surface area contributed by atoms with Gasteiger partial charge < -0.3 is 15.7 Å². The van der Waals surface area contributed by atoms with E-state index in [0.717, 1.165) is 37.2 Å². The molecule has 5 heteroatoms. The SMILES string of the molecule is O=C(O)CCc1ccccc1NC(=O)C1CCNCC1. The third kappa shape index (κ3) is 4.06. The van der Waals surface area contributed by atoms with Gasteiger partial charge in [-0.25, -0.2) is 0 Å². The number of hydrogen-bond acceptors (Lipinski definition) is 3. The number of carbonyl (C=O) groups excluding carboxylic acids is 1. The van der Waals surface area contributed by atoms with Gasteiger partial charge >= 0.3 is 5.97 Å². The van der Waals surface area contributed by atoms with Crippen LogP contribution < -0.4 is 10.6 Å². The van der Waals surface area contributed by atoms with Crippen LogP contribution in [0.2, 0.25) is 0 Å². The highest BCUT2D eigenvalue weighted by Crippen LogP contribution is 2.20. The highest BCUT2D eigenvalue weighted by molar-refractivity contribution is 5.93. The molecule has 20 heavy (non-hydrogen) atoms. The lowest BCUT2D eigenvalue weighted by Gasteiger charge is -2.22. The fourth-order valence-corrected chi connectivity index (χ4v) is 2.42. The van der Waals surface area contributed by atoms with Crippen molar-refractivity contribution in [3.8, 4) is 0 Å². The summed E-state index contributed by atoms with van der Waals surface area (Å²) in [6.07, 6.45) is 2.20. The van der Waals surface area contributed by atoms with Gasteiger partial charge in [-0.3, -0.25) is 9.59 Å². The smallest absolute Gasteiger partial charge is 0.303 e. The minimum absolute atomic E-state index is 0.0364. The van der Waals surface area contributed by atoms with E-state index >= 15 is 0 Å². The molecule has 0 spiro atoms. The summed E-state index contributed by atoms with van der Waals surface area (Å²) < 4.78 is 0. The van der Waals surface area contributed by atoms with E-state index in [1.165, 1.54) is 0 Å². The van der Waals surface area contributed by atoms with Gasteiger partial charge in [0.1, 0.15) is 0 Å². The minimum Gasteiger partial charge on any atom is -0.481 e. The fourth-order valence-electron chi connectivity index (χ4n) is 2.42. The lowest BCUT2D eigenvalue weighted by molar-refractivity contribution is -0.137. The Labute approximate surface area is 118 Å². The van der Waals surface area contributed by atoms with E-state index in [1.807, 2.05) is 24.3 Å². The number of carboxylic acid groups (broad SMARTS) is 1. The zero-order valence-electron chi connectivity index (χ0n) is 11.4. The number of para-hydroxylation sites is 1. The predicted molar refractivity (Wildman–Crippen MR) is 76.6 cm³/mol. The van der Waals surface area contributed by atoms with E-state index in [1.54, 1.807) is 0 Å². The molecule has 1 saturated heterocycles. The number of piperidine rings is 1. The second-order valence-electron chi connectivity index (χ2n) is 5.06. The van der Waals surface area contributed by atoms with Gasteiger partial charge in [-0.15, -0.1) is 0 Å². The molecule has 108 valence electrons. The molecular formula is C15H20N2O3. The summed E-state index contributed by atoms with van der Waals surface area (Å²) in [5, 5.41) is 14.9. The number of anilines is 1. The van der Waals surface area contributed by atoms with Gasteiger partial charge in [0.05, 0.1) is 0 Å². The van der Waals surface area contributed by atoms with Gasteiger partial charge in [0.25, 0.3) is 0 Å². The van der Waals surface area contributed by atoms with Gasteiger partial charge in [-0.2, -0.15) is 0 Å². The van der Waals surface area contributed by atoms with Crippen LogP contribution in [0.1, 0.15) is 24.8 Å². The molecule has 0 radical (unpaired) electrons. The average Bonchev–Trinajstić information content (AvgIpc) is 2.47. The molecule has 0 aliphatic carbocycles. The summed E-state index contributed by atoms with van der Waals surface area (Å²) >= 11 is 0. The van der Waals surface area contributed by atoms with Crippen molar-refractivity contribution in [2.75, 3.05) is 18.4 Å². The number of amides is 1. The Bertz CT molecular complexity index is 482. The van der Waals surface area contributed by atoms with Crippen molar-refractivity contribution >= 4 is 17.6 Å². The Morgan fingerprint density at radius 3 is 2.65 bits per heavy atom. The van der Waals surface area contributed by atoms with Crippen molar-refractivity contribution in [2.24, 2.45) is 5.92 Å². The Balaban J connectivity index is 2.00. The van der Waals surface area contributed by atoms with Crippen molar-refractivity contribution in [1.82, 2.24) is 5.32 Å². The maximum Gasteiger partial charge on any atom is 0.303 e. The van der Waals surface area contributed by atoms with Crippen molar-refractivity contribution < 1.29 is 14.7 Å². The Morgan fingerprint density at radius 1 is 1.25 bits per heavy atom. The summed E-state index contributed by atoms with van der Waals surface area (Å²) in [5.41, 5.74) is 1.61. The highest BCUT2D eigenvalue weighted by Gasteiger charge is 2.21. The van der Waals surface area contributed by atoms with Crippen LogP contribution >= 0.6 is 0 Å². The molecule has 0 aromatic heterocycles. The molecule has 2 rings (SSSR count). The van der Waals surface area contributed by atoms with E-state index in [-0.39, 0.29) is 18.2 Å². The number of aliphatic carboxylic acids is 1. The van der Waals surface area contributed by atoms with Crippen LogP contribution in [-0.2, 0) is 16.0 Å². The quantitative estimate of drug-likeness (QED) is 0.764. The van der Waals surface area contributed by atoms with Gasteiger partial charge in [0.15, 0.2) is 0 Å². The molecule has 1 aromatic carbocycles. The first kappa shape index (κ1) is 14.5. The molecule has 1 aliphatic heterocycles. The zero-order valence-corrected chi connectivity index (χ0v) is 11.4. The highest BCUT2D eigenvalue weighted by atomic mass is 16.4. The van der Waals surface area contributed by atoms with Crippen molar-refractivity contribution in [3.05, 3.63) is 29.8 Å². The van der Waals surface area contributed by atoms with Crippen LogP contribution in [0.4, 0.5) is 5.69 Å². The summed E-state index contributed by atoms with van der Waals surface area (Å²) in [5.74, 6) is -0.748. The molecule has 1 aliphatic rings. The van der Waals surface area contributed by atoms with Crippen molar-refractivity contribution in [2.45, 2.75) is 25.7 Å². The molecule has 1 heterocycles. The summed E-state index contributed by atoms with van der Waals surface area (Å²) in [6.45, 7) is 1.75. The monoisotopic (exact) mass is 276 g/mol. The molecule has 0 unspecified atom stereocenters. The second kappa shape index (κ2) is 7.05. The molecule has 5 nitrogen and oxygen atoms in total. The minimum atomic E-state index is -0.829. The molecular weight excluding hydrogens is 256 g/mol. The van der Waals surface area contributed by atoms with E-state index in [4.69, 9.17) is 5.11 Å². The van der Waals surface area contributed by atoms with Crippen molar-refractivity contribution in [3.63, 3.8) is 0 Å². The molecule has 3 N–H and O–H groups in total. The molecule has 0 bridgehead atoms. The topological polar surface area (TPSA) is 78.4 Å². The Hall–Kier alpha value is -1.88. The largest absolute Gasteiger partial charge is 0.481 e. The average molecular weight is 276 g/mol. The lowest BCUT2D eigenvalue weighted by atomic mass is 9.97. The Kier molecular flexibility index (Phi) is 5.12. The van der Waals surface area contributed by atoms with Gasteiger partial charge in [-0.05, 0) is 44.0 Å². The van der Waals surface area contributed by atoms with Crippen LogP contribution in [0.15, 0.2) is 24.3 Å². The van der Waals surface area contributed by atoms with Crippen molar-refractivity contribution in [1.29, 1.82) is 0 Å². The number of hydrogen-bond donors (Lipinski definition) is 3. The number of rotatable bonds is 5. The third-order valence-electron chi connectivity index (χ3n) is 3.59. The van der Waals surface area contributed by atoms with Crippen LogP contribution in [0.3, 0.4) is 0 Å². The molecule has 0 atom stereocenters. The maximum absolute atomic E-state index is 12.2.